The molecule has 7 heteroatoms. The molecule has 34 heavy (non-hydrogen) atoms. The fourth-order valence-corrected chi connectivity index (χ4v) is 5.01. The van der Waals surface area contributed by atoms with E-state index in [2.05, 4.69) is 32.0 Å². The molecule has 0 radical (unpaired) electrons. The first kappa shape index (κ1) is 21.9. The lowest BCUT2D eigenvalue weighted by Crippen LogP contribution is -2.11. The molecule has 3 aromatic carbocycles. The number of benzene rings is 3. The van der Waals surface area contributed by atoms with Crippen molar-refractivity contribution in [2.75, 3.05) is 12.4 Å². The summed E-state index contributed by atoms with van der Waals surface area (Å²) < 4.78 is 8.59. The molecule has 2 heterocycles. The first-order chi connectivity index (χ1) is 16.5. The molecule has 5 rings (SSSR count). The van der Waals surface area contributed by atoms with E-state index in [1.165, 1.54) is 11.3 Å². The molecule has 0 atom stereocenters. The molecular weight excluding hydrogens is 444 g/mol. The summed E-state index contributed by atoms with van der Waals surface area (Å²) in [5, 5.41) is 3.49. The van der Waals surface area contributed by atoms with E-state index in [-0.39, 0.29) is 5.91 Å². The summed E-state index contributed by atoms with van der Waals surface area (Å²) in [5.41, 5.74) is 5.58. The van der Waals surface area contributed by atoms with Crippen molar-refractivity contribution in [3.8, 4) is 16.9 Å². The largest absolute Gasteiger partial charge is 0.494 e. The summed E-state index contributed by atoms with van der Waals surface area (Å²) >= 11 is 1.45. The van der Waals surface area contributed by atoms with Gasteiger partial charge in [0.1, 0.15) is 17.1 Å². The van der Waals surface area contributed by atoms with Gasteiger partial charge in [-0.25, -0.2) is 9.97 Å². The Kier molecular flexibility index (Phi) is 5.86. The number of imidazole rings is 1. The summed E-state index contributed by atoms with van der Waals surface area (Å²) in [6, 6.07) is 21.7. The maximum Gasteiger partial charge on any atom is 0.257 e. The molecule has 0 aliphatic heterocycles. The highest BCUT2D eigenvalue weighted by Crippen LogP contribution is 2.39. The van der Waals surface area contributed by atoms with Gasteiger partial charge in [0.2, 0.25) is 0 Å². The van der Waals surface area contributed by atoms with E-state index in [0.717, 1.165) is 38.4 Å². The summed E-state index contributed by atoms with van der Waals surface area (Å²) in [6.45, 7) is 4.69. The molecule has 0 saturated carbocycles. The highest BCUT2D eigenvalue weighted by Gasteiger charge is 2.16. The highest BCUT2D eigenvalue weighted by atomic mass is 32.1. The molecule has 2 aromatic heterocycles. The van der Waals surface area contributed by atoms with Gasteiger partial charge in [-0.2, -0.15) is 0 Å². The summed E-state index contributed by atoms with van der Waals surface area (Å²) in [4.78, 5) is 22.0. The highest BCUT2D eigenvalue weighted by molar-refractivity contribution is 7.23. The summed E-state index contributed by atoms with van der Waals surface area (Å²) in [7, 11) is 1.63. The Morgan fingerprint density at radius 1 is 1.00 bits per heavy atom. The van der Waals surface area contributed by atoms with E-state index in [1.807, 2.05) is 74.6 Å². The van der Waals surface area contributed by atoms with Crippen LogP contribution in [0.25, 0.3) is 21.3 Å². The lowest BCUT2D eigenvalue weighted by atomic mass is 10.1. The first-order valence-corrected chi connectivity index (χ1v) is 11.8. The van der Waals surface area contributed by atoms with Gasteiger partial charge in [0.25, 0.3) is 5.91 Å². The van der Waals surface area contributed by atoms with Crippen molar-refractivity contribution >= 4 is 32.6 Å². The van der Waals surface area contributed by atoms with Crippen molar-refractivity contribution in [1.29, 1.82) is 0 Å². The van der Waals surface area contributed by atoms with Crippen molar-refractivity contribution in [1.82, 2.24) is 14.5 Å². The fourth-order valence-electron chi connectivity index (χ4n) is 4.00. The zero-order valence-corrected chi connectivity index (χ0v) is 20.0. The second kappa shape index (κ2) is 9.11. The van der Waals surface area contributed by atoms with Gasteiger partial charge >= 0.3 is 0 Å². The number of ether oxygens (including phenoxy) is 1. The van der Waals surface area contributed by atoms with E-state index in [4.69, 9.17) is 4.74 Å². The molecule has 0 spiro atoms. The molecule has 170 valence electrons. The topological polar surface area (TPSA) is 69.0 Å². The van der Waals surface area contributed by atoms with Crippen LogP contribution >= 0.6 is 11.3 Å². The zero-order valence-electron chi connectivity index (χ0n) is 19.2. The third kappa shape index (κ3) is 4.30. The number of fused-ring (bicyclic) bond motifs is 1. The number of aryl methyl sites for hydroxylation is 2. The van der Waals surface area contributed by atoms with Gasteiger partial charge in [-0.1, -0.05) is 53.8 Å². The smallest absolute Gasteiger partial charge is 0.257 e. The first-order valence-electron chi connectivity index (χ1n) is 11.0. The second-order valence-corrected chi connectivity index (χ2v) is 9.09. The Balaban J connectivity index is 1.38. The predicted octanol–water partition coefficient (Wildman–Crippen LogP) is 6.09. The van der Waals surface area contributed by atoms with Crippen molar-refractivity contribution in [2.24, 2.45) is 0 Å². The van der Waals surface area contributed by atoms with Crippen LogP contribution in [0.3, 0.4) is 0 Å². The van der Waals surface area contributed by atoms with Gasteiger partial charge in [0.15, 0.2) is 5.13 Å². The minimum Gasteiger partial charge on any atom is -0.494 e. The van der Waals surface area contributed by atoms with Gasteiger partial charge in [-0.05, 0) is 49.2 Å². The Morgan fingerprint density at radius 3 is 2.44 bits per heavy atom. The molecule has 0 bridgehead atoms. The maximum absolute atomic E-state index is 12.9. The number of thiazole rings is 1. The molecule has 0 fully saturated rings. The molecule has 1 amide bonds. The van der Waals surface area contributed by atoms with Crippen molar-refractivity contribution < 1.29 is 9.53 Å². The minimum absolute atomic E-state index is 0.194. The van der Waals surface area contributed by atoms with E-state index >= 15 is 0 Å². The number of rotatable bonds is 6. The quantitative estimate of drug-likeness (QED) is 0.328. The number of carbonyl (C=O) groups is 1. The number of aromatic nitrogens is 3. The summed E-state index contributed by atoms with van der Waals surface area (Å²) in [6.07, 6.45) is 2.03. The Morgan fingerprint density at radius 2 is 1.76 bits per heavy atom. The number of amides is 1. The third-order valence-corrected chi connectivity index (χ3v) is 6.70. The molecule has 0 aliphatic rings. The van der Waals surface area contributed by atoms with Crippen LogP contribution < -0.4 is 10.1 Å². The molecule has 6 nitrogen and oxygen atoms in total. The zero-order chi connectivity index (χ0) is 23.7. The van der Waals surface area contributed by atoms with Gasteiger partial charge in [-0.15, -0.1) is 0 Å². The number of methoxy groups -OCH3 is 1. The normalized spacial score (nSPS) is 11.0. The average Bonchev–Trinajstić information content (AvgIpc) is 3.41. The lowest BCUT2D eigenvalue weighted by molar-refractivity contribution is 0.102. The van der Waals surface area contributed by atoms with E-state index in [9.17, 15) is 4.79 Å². The number of nitrogens with zero attached hydrogens (tertiary/aromatic N) is 3. The third-order valence-electron chi connectivity index (χ3n) is 5.70. The SMILES string of the molecule is COc1ccc(-c2ccccc2)c2sc(NC(=O)c3ccc(Cn4cc(C)nc4C)cc3)nc12. The molecule has 0 unspecified atom stereocenters. The van der Waals surface area contributed by atoms with E-state index in [1.54, 1.807) is 7.11 Å². The van der Waals surface area contributed by atoms with Gasteiger partial charge in [0, 0.05) is 23.9 Å². The Bertz CT molecular complexity index is 1470. The van der Waals surface area contributed by atoms with Crippen LogP contribution in [-0.2, 0) is 6.54 Å². The van der Waals surface area contributed by atoms with Crippen LogP contribution in [0.4, 0.5) is 5.13 Å². The molecule has 0 aliphatic carbocycles. The van der Waals surface area contributed by atoms with E-state index < -0.39 is 0 Å². The number of nitrogens with one attached hydrogen (secondary N) is 1. The number of carbonyl (C=O) groups excluding carboxylic acids is 1. The fraction of sp³-hybridized carbons (Fsp3) is 0.148. The van der Waals surface area contributed by atoms with Gasteiger partial charge in [0.05, 0.1) is 17.5 Å². The standard InChI is InChI=1S/C27H24N4O2S/c1-17-15-31(18(2)28-17)16-19-9-11-21(12-10-19)26(32)30-27-29-24-23(33-3)14-13-22(25(24)34-27)20-7-5-4-6-8-20/h4-15H,16H2,1-3H3,(H,29,30,32). The monoisotopic (exact) mass is 468 g/mol. The minimum atomic E-state index is -0.194. The molecule has 5 aromatic rings. The molecular formula is C27H24N4O2S. The van der Waals surface area contributed by atoms with Crippen molar-refractivity contribution in [2.45, 2.75) is 20.4 Å². The van der Waals surface area contributed by atoms with Gasteiger partial charge < -0.3 is 9.30 Å². The Labute approximate surface area is 201 Å². The lowest BCUT2D eigenvalue weighted by Gasteiger charge is -2.06. The van der Waals surface area contributed by atoms with Gasteiger partial charge in [-0.3, -0.25) is 10.1 Å². The average molecular weight is 469 g/mol. The second-order valence-electron chi connectivity index (χ2n) is 8.09. The van der Waals surface area contributed by atoms with Crippen LogP contribution in [0.5, 0.6) is 5.75 Å². The number of hydrogen-bond donors (Lipinski definition) is 1. The van der Waals surface area contributed by atoms with E-state index in [0.29, 0.717) is 23.0 Å². The van der Waals surface area contributed by atoms with Crippen molar-refractivity contribution in [3.05, 3.63) is 95.6 Å². The number of hydrogen-bond acceptors (Lipinski definition) is 5. The van der Waals surface area contributed by atoms with Crippen LogP contribution in [0.1, 0.15) is 27.4 Å². The predicted molar refractivity (Wildman–Crippen MR) is 137 cm³/mol. The van der Waals surface area contributed by atoms with Crippen LogP contribution in [-0.4, -0.2) is 27.6 Å². The maximum atomic E-state index is 12.9. The molecule has 1 N–H and O–H groups in total. The van der Waals surface area contributed by atoms with Crippen LogP contribution in [0.15, 0.2) is 72.9 Å². The van der Waals surface area contributed by atoms with Crippen molar-refractivity contribution in [3.63, 3.8) is 0 Å². The number of anilines is 1. The molecule has 0 saturated heterocycles. The Hall–Kier alpha value is -3.97. The van der Waals surface area contributed by atoms with Crippen LogP contribution in [0.2, 0.25) is 0 Å². The summed E-state index contributed by atoms with van der Waals surface area (Å²) in [5.74, 6) is 1.46. The van der Waals surface area contributed by atoms with Crippen LogP contribution in [0, 0.1) is 13.8 Å².